The van der Waals surface area contributed by atoms with Crippen LogP contribution in [0.3, 0.4) is 0 Å². The van der Waals surface area contributed by atoms with Crippen molar-refractivity contribution in [3.8, 4) is 16.9 Å². The van der Waals surface area contributed by atoms with Crippen molar-refractivity contribution in [3.05, 3.63) is 65.2 Å². The molecule has 0 aliphatic carbocycles. The zero-order valence-corrected chi connectivity index (χ0v) is 15.7. The second kappa shape index (κ2) is 6.18. The van der Waals surface area contributed by atoms with Crippen LogP contribution in [-0.2, 0) is 13.5 Å². The molecule has 1 aromatic heterocycles. The largest absolute Gasteiger partial charge is 0.508 e. The summed E-state index contributed by atoms with van der Waals surface area (Å²) in [5.74, 6) is -0.784. The second-order valence-corrected chi connectivity index (χ2v) is 7.25. The average molecular weight is 386 g/mol. The van der Waals surface area contributed by atoms with Crippen molar-refractivity contribution in [1.82, 2.24) is 9.88 Å². The third-order valence-corrected chi connectivity index (χ3v) is 5.64. The molecule has 1 aliphatic heterocycles. The van der Waals surface area contributed by atoms with Crippen molar-refractivity contribution in [1.29, 1.82) is 0 Å². The van der Waals surface area contributed by atoms with E-state index in [0.717, 1.165) is 16.6 Å². The van der Waals surface area contributed by atoms with Crippen molar-refractivity contribution < 1.29 is 19.8 Å². The molecule has 0 bridgehead atoms. The molecule has 0 saturated carbocycles. The van der Waals surface area contributed by atoms with Gasteiger partial charge in [-0.1, -0.05) is 30.3 Å². The number of benzene rings is 3. The first kappa shape index (κ1) is 17.5. The Hall–Kier alpha value is -3.64. The molecule has 5 rings (SSSR count). The number of hydrogen-bond acceptors (Lipinski definition) is 4. The van der Waals surface area contributed by atoms with Crippen molar-refractivity contribution in [3.63, 3.8) is 0 Å². The highest BCUT2D eigenvalue weighted by atomic mass is 16.3. The number of aryl methyl sites for hydroxylation is 1. The van der Waals surface area contributed by atoms with Gasteiger partial charge in [0.25, 0.3) is 11.8 Å². The van der Waals surface area contributed by atoms with Gasteiger partial charge in [0.1, 0.15) is 5.75 Å². The maximum Gasteiger partial charge on any atom is 0.259 e. The smallest absolute Gasteiger partial charge is 0.259 e. The number of carbonyl (C=O) groups excluding carboxylic acids is 2. The number of hydrogen-bond donors (Lipinski definition) is 3. The molecular formula is C23H18N2O4. The zero-order valence-electron chi connectivity index (χ0n) is 15.7. The summed E-state index contributed by atoms with van der Waals surface area (Å²) in [6.07, 6.45) is 0.329. The summed E-state index contributed by atoms with van der Waals surface area (Å²) in [5.41, 5.74) is 4.49. The number of rotatable bonds is 3. The van der Waals surface area contributed by atoms with Gasteiger partial charge in [-0.3, -0.25) is 14.9 Å². The molecule has 2 amide bonds. The molecule has 0 unspecified atom stereocenters. The lowest BCUT2D eigenvalue weighted by molar-refractivity contribution is 0.0880. The zero-order chi connectivity index (χ0) is 20.3. The summed E-state index contributed by atoms with van der Waals surface area (Å²) < 4.78 is 1.95. The van der Waals surface area contributed by atoms with Gasteiger partial charge < -0.3 is 14.8 Å². The van der Waals surface area contributed by atoms with E-state index in [2.05, 4.69) is 5.32 Å². The molecule has 29 heavy (non-hydrogen) atoms. The molecule has 2 heterocycles. The predicted octanol–water partition coefficient (Wildman–Crippen LogP) is 3.12. The molecule has 3 N–H and O–H groups in total. The third kappa shape index (κ3) is 2.39. The van der Waals surface area contributed by atoms with Crippen LogP contribution in [-0.4, -0.2) is 33.2 Å². The number of aromatic nitrogens is 1. The van der Waals surface area contributed by atoms with Gasteiger partial charge >= 0.3 is 0 Å². The summed E-state index contributed by atoms with van der Waals surface area (Å²) in [4.78, 5) is 25.4. The minimum absolute atomic E-state index is 0.0599. The van der Waals surface area contributed by atoms with E-state index < -0.39 is 11.8 Å². The Labute approximate surface area is 166 Å². The fraction of sp³-hybridized carbons (Fsp3) is 0.130. The number of fused-ring (bicyclic) bond motifs is 5. The summed E-state index contributed by atoms with van der Waals surface area (Å²) in [7, 11) is 1.89. The fourth-order valence-corrected chi connectivity index (χ4v) is 4.29. The van der Waals surface area contributed by atoms with E-state index in [1.807, 2.05) is 54.1 Å². The van der Waals surface area contributed by atoms with Crippen LogP contribution < -0.4 is 5.32 Å². The molecule has 0 atom stereocenters. The molecule has 1 aliphatic rings. The highest BCUT2D eigenvalue weighted by Gasteiger charge is 2.34. The molecule has 4 aromatic rings. The van der Waals surface area contributed by atoms with Crippen LogP contribution >= 0.6 is 0 Å². The number of aliphatic hydroxyl groups excluding tert-OH is 1. The maximum absolute atomic E-state index is 12.7. The van der Waals surface area contributed by atoms with Gasteiger partial charge in [0.2, 0.25) is 0 Å². The number of phenolic OH excluding ortho intramolecular Hbond substituents is 1. The van der Waals surface area contributed by atoms with Crippen LogP contribution in [0.5, 0.6) is 5.75 Å². The minimum atomic E-state index is -0.431. The van der Waals surface area contributed by atoms with Crippen molar-refractivity contribution in [2.75, 3.05) is 6.61 Å². The number of nitrogens with one attached hydrogen (secondary N) is 1. The van der Waals surface area contributed by atoms with E-state index >= 15 is 0 Å². The summed E-state index contributed by atoms with van der Waals surface area (Å²) in [6.45, 7) is -0.0759. The van der Waals surface area contributed by atoms with Crippen LogP contribution in [0.1, 0.15) is 26.3 Å². The quantitative estimate of drug-likeness (QED) is 0.472. The number of amides is 2. The Morgan fingerprint density at radius 3 is 2.41 bits per heavy atom. The van der Waals surface area contributed by atoms with Gasteiger partial charge in [0.05, 0.1) is 16.6 Å². The Morgan fingerprint density at radius 1 is 0.966 bits per heavy atom. The maximum atomic E-state index is 12.7. The summed E-state index contributed by atoms with van der Waals surface area (Å²) >= 11 is 0. The second-order valence-electron chi connectivity index (χ2n) is 7.25. The molecule has 0 spiro atoms. The van der Waals surface area contributed by atoms with Gasteiger partial charge in [-0.25, -0.2) is 0 Å². The molecule has 0 saturated heterocycles. The lowest BCUT2D eigenvalue weighted by atomic mass is 9.92. The van der Waals surface area contributed by atoms with E-state index in [-0.39, 0.29) is 12.4 Å². The molecule has 0 radical (unpaired) electrons. The highest BCUT2D eigenvalue weighted by Crippen LogP contribution is 2.41. The van der Waals surface area contributed by atoms with E-state index in [1.165, 1.54) is 0 Å². The number of nitrogens with zero attached hydrogens (tertiary/aromatic N) is 1. The number of carbonyl (C=O) groups is 2. The number of imide groups is 1. The van der Waals surface area contributed by atoms with E-state index in [4.69, 9.17) is 0 Å². The lowest BCUT2D eigenvalue weighted by Gasteiger charge is -2.09. The monoisotopic (exact) mass is 386 g/mol. The Morgan fingerprint density at radius 2 is 1.69 bits per heavy atom. The summed E-state index contributed by atoms with van der Waals surface area (Å²) in [6, 6.07) is 14.9. The first-order chi connectivity index (χ1) is 14.0. The first-order valence-corrected chi connectivity index (χ1v) is 9.34. The Bertz CT molecular complexity index is 1340. The lowest BCUT2D eigenvalue weighted by Crippen LogP contribution is -2.20. The van der Waals surface area contributed by atoms with Gasteiger partial charge in [-0.15, -0.1) is 0 Å². The SMILES string of the molecule is Cn1c2cc(CCO)c(O)cc2c2c3c(c(-c4ccccc4)cc21)C(=O)NC3=O. The highest BCUT2D eigenvalue weighted by molar-refractivity contribution is 6.32. The van der Waals surface area contributed by atoms with Crippen LogP contribution in [0, 0.1) is 0 Å². The van der Waals surface area contributed by atoms with Gasteiger partial charge in [-0.05, 0) is 41.3 Å². The molecule has 144 valence electrons. The summed E-state index contributed by atoms with van der Waals surface area (Å²) in [5, 5.41) is 23.5. The van der Waals surface area contributed by atoms with E-state index in [1.54, 1.807) is 6.07 Å². The fourth-order valence-electron chi connectivity index (χ4n) is 4.29. The molecule has 6 heteroatoms. The number of aliphatic hydroxyl groups is 1. The van der Waals surface area contributed by atoms with Crippen LogP contribution in [0.4, 0.5) is 0 Å². The van der Waals surface area contributed by atoms with E-state index in [0.29, 0.717) is 39.4 Å². The van der Waals surface area contributed by atoms with Crippen LogP contribution in [0.15, 0.2) is 48.5 Å². The van der Waals surface area contributed by atoms with Crippen molar-refractivity contribution in [2.45, 2.75) is 6.42 Å². The topological polar surface area (TPSA) is 91.6 Å². The minimum Gasteiger partial charge on any atom is -0.508 e. The number of phenols is 1. The van der Waals surface area contributed by atoms with Crippen LogP contribution in [0.2, 0.25) is 0 Å². The first-order valence-electron chi connectivity index (χ1n) is 9.34. The third-order valence-electron chi connectivity index (χ3n) is 5.64. The molecule has 3 aromatic carbocycles. The standard InChI is InChI=1S/C23H18N2O4/c1-25-16-9-13(7-8-26)18(27)11-15(16)19-17(25)10-14(12-5-3-2-4-6-12)20-21(19)23(29)24-22(20)28/h2-6,9-11,26-27H,7-8H2,1H3,(H,24,28,29). The van der Waals surface area contributed by atoms with Gasteiger partial charge in [0.15, 0.2) is 0 Å². The normalized spacial score (nSPS) is 13.3. The Balaban J connectivity index is 1.96. The number of aromatic hydroxyl groups is 1. The molecule has 0 fully saturated rings. The van der Waals surface area contributed by atoms with E-state index in [9.17, 15) is 19.8 Å². The predicted molar refractivity (Wildman–Crippen MR) is 110 cm³/mol. The van der Waals surface area contributed by atoms with Crippen molar-refractivity contribution >= 4 is 33.6 Å². The molecule has 6 nitrogen and oxygen atoms in total. The van der Waals surface area contributed by atoms with Gasteiger partial charge in [-0.2, -0.15) is 0 Å². The Kier molecular flexibility index (Phi) is 3.72. The van der Waals surface area contributed by atoms with Gasteiger partial charge in [0, 0.05) is 29.9 Å². The average Bonchev–Trinajstić information content (AvgIpc) is 3.16. The van der Waals surface area contributed by atoms with Crippen molar-refractivity contribution in [2.24, 2.45) is 7.05 Å². The molecular weight excluding hydrogens is 368 g/mol. The van der Waals surface area contributed by atoms with Crippen LogP contribution in [0.25, 0.3) is 32.9 Å².